The molecule has 0 aromatic carbocycles. The molecule has 0 aliphatic heterocycles. The highest BCUT2D eigenvalue weighted by atomic mass is 14.1. The van der Waals surface area contributed by atoms with E-state index in [0.29, 0.717) is 0 Å². The van der Waals surface area contributed by atoms with Crippen LogP contribution in [0.25, 0.3) is 0 Å². The fourth-order valence-corrected chi connectivity index (χ4v) is 2.11. The minimum Gasteiger partial charge on any atom is -0.0654 e. The van der Waals surface area contributed by atoms with Gasteiger partial charge in [0.05, 0.1) is 0 Å². The van der Waals surface area contributed by atoms with Crippen LogP contribution in [0.5, 0.6) is 0 Å². The molecule has 0 saturated carbocycles. The Morgan fingerprint density at radius 3 is 2.33 bits per heavy atom. The summed E-state index contributed by atoms with van der Waals surface area (Å²) in [5, 5.41) is 0. The van der Waals surface area contributed by atoms with Gasteiger partial charge in [0.1, 0.15) is 0 Å². The minimum atomic E-state index is 0.913. The van der Waals surface area contributed by atoms with E-state index in [1.54, 1.807) is 5.57 Å². The van der Waals surface area contributed by atoms with E-state index in [0.717, 1.165) is 5.92 Å². The predicted octanol–water partition coefficient (Wildman–Crippen LogP) is 5.26. The van der Waals surface area contributed by atoms with Crippen molar-refractivity contribution in [2.24, 2.45) is 5.92 Å². The summed E-state index contributed by atoms with van der Waals surface area (Å²) < 4.78 is 0. The average Bonchev–Trinajstić information content (AvgIpc) is 2.16. The van der Waals surface area contributed by atoms with Crippen LogP contribution >= 0.6 is 0 Å². The molecule has 0 nitrogen and oxygen atoms in total. The summed E-state index contributed by atoms with van der Waals surface area (Å²) in [7, 11) is 0. The van der Waals surface area contributed by atoms with E-state index < -0.39 is 0 Å². The van der Waals surface area contributed by atoms with Crippen molar-refractivity contribution in [2.45, 2.75) is 65.7 Å². The van der Waals surface area contributed by atoms with E-state index >= 15 is 0 Å². The van der Waals surface area contributed by atoms with Crippen LogP contribution in [-0.2, 0) is 0 Å². The second-order valence-corrected chi connectivity index (χ2v) is 4.93. The Morgan fingerprint density at radius 1 is 1.00 bits per heavy atom. The summed E-state index contributed by atoms with van der Waals surface area (Å²) in [4.78, 5) is 0. The van der Waals surface area contributed by atoms with Crippen molar-refractivity contribution in [1.29, 1.82) is 0 Å². The van der Waals surface area contributed by atoms with Crippen molar-refractivity contribution in [2.75, 3.05) is 0 Å². The van der Waals surface area contributed by atoms with Gasteiger partial charge >= 0.3 is 0 Å². The number of allylic oxidation sites excluding steroid dienone is 4. The van der Waals surface area contributed by atoms with E-state index in [9.17, 15) is 0 Å². The second-order valence-electron chi connectivity index (χ2n) is 4.93. The van der Waals surface area contributed by atoms with Crippen LogP contribution in [-0.4, -0.2) is 0 Å². The fraction of sp³-hybridized carbons (Fsp3) is 0.733. The highest BCUT2D eigenvalue weighted by Gasteiger charge is 2.08. The molecule has 0 fully saturated rings. The Labute approximate surface area is 95.5 Å². The van der Waals surface area contributed by atoms with Crippen LogP contribution in [0.4, 0.5) is 0 Å². The van der Waals surface area contributed by atoms with Crippen LogP contribution in [0.2, 0.25) is 0 Å². The Kier molecular flexibility index (Phi) is 5.75. The third-order valence-corrected chi connectivity index (χ3v) is 3.38. The summed E-state index contributed by atoms with van der Waals surface area (Å²) in [6, 6.07) is 0. The van der Waals surface area contributed by atoms with Gasteiger partial charge < -0.3 is 0 Å². The maximum atomic E-state index is 2.40. The molecule has 0 amide bonds. The van der Waals surface area contributed by atoms with Crippen molar-refractivity contribution in [1.82, 2.24) is 0 Å². The number of hydrogen-bond acceptors (Lipinski definition) is 0. The van der Waals surface area contributed by atoms with Crippen LogP contribution in [0.3, 0.4) is 0 Å². The maximum absolute atomic E-state index is 2.40. The molecule has 0 N–H and O–H groups in total. The molecule has 1 atom stereocenters. The third-order valence-electron chi connectivity index (χ3n) is 3.38. The van der Waals surface area contributed by atoms with Gasteiger partial charge in [0.2, 0.25) is 0 Å². The normalized spacial score (nSPS) is 16.7. The lowest BCUT2D eigenvalue weighted by molar-refractivity contribution is 0.464. The molecule has 1 aliphatic carbocycles. The molecule has 1 rings (SSSR count). The first-order chi connectivity index (χ1) is 7.26. The lowest BCUT2D eigenvalue weighted by atomic mass is 9.89. The fourth-order valence-electron chi connectivity index (χ4n) is 2.11. The highest BCUT2D eigenvalue weighted by Crippen LogP contribution is 2.26. The van der Waals surface area contributed by atoms with Gasteiger partial charge in [-0.15, -0.1) is 0 Å². The first kappa shape index (κ1) is 12.5. The van der Waals surface area contributed by atoms with E-state index in [4.69, 9.17) is 0 Å². The zero-order chi connectivity index (χ0) is 11.1. The minimum absolute atomic E-state index is 0.913. The zero-order valence-corrected chi connectivity index (χ0v) is 10.7. The van der Waals surface area contributed by atoms with E-state index in [1.165, 1.54) is 50.5 Å². The van der Waals surface area contributed by atoms with Crippen molar-refractivity contribution in [3.05, 3.63) is 23.3 Å². The SMILES string of the molecule is CCCCCC(C)CCC1=CC(CC)=C1. The van der Waals surface area contributed by atoms with Crippen LogP contribution in [0.1, 0.15) is 65.7 Å². The summed E-state index contributed by atoms with van der Waals surface area (Å²) in [6.45, 7) is 6.91. The molecule has 0 heterocycles. The average molecular weight is 206 g/mol. The predicted molar refractivity (Wildman–Crippen MR) is 69.0 cm³/mol. The quantitative estimate of drug-likeness (QED) is 0.475. The standard InChI is InChI=1S/C15H26/c1-4-6-7-8-13(3)9-10-15-11-14(5-2)12-15/h11-13H,4-10H2,1-3H3. The molecule has 86 valence electrons. The van der Waals surface area contributed by atoms with Gasteiger partial charge in [-0.25, -0.2) is 0 Å². The van der Waals surface area contributed by atoms with E-state index in [-0.39, 0.29) is 0 Å². The van der Waals surface area contributed by atoms with Gasteiger partial charge in [-0.1, -0.05) is 58.6 Å². The van der Waals surface area contributed by atoms with Crippen LogP contribution in [0.15, 0.2) is 23.3 Å². The Bertz CT molecular complexity index is 232. The number of unbranched alkanes of at least 4 members (excludes halogenated alkanes) is 2. The largest absolute Gasteiger partial charge is 0.0654 e. The summed E-state index contributed by atoms with van der Waals surface area (Å²) >= 11 is 0. The molecule has 15 heavy (non-hydrogen) atoms. The summed E-state index contributed by atoms with van der Waals surface area (Å²) in [6.07, 6.45) is 14.2. The third kappa shape index (κ3) is 4.68. The molecular weight excluding hydrogens is 180 g/mol. The highest BCUT2D eigenvalue weighted by molar-refractivity contribution is 5.43. The second kappa shape index (κ2) is 6.87. The van der Waals surface area contributed by atoms with Gasteiger partial charge in [-0.3, -0.25) is 0 Å². The molecule has 0 radical (unpaired) electrons. The number of rotatable bonds is 8. The molecule has 0 bridgehead atoms. The smallest absolute Gasteiger partial charge is 0.0276 e. The Balaban J connectivity index is 2.01. The van der Waals surface area contributed by atoms with E-state index in [2.05, 4.69) is 32.9 Å². The molecule has 1 aliphatic rings. The maximum Gasteiger partial charge on any atom is -0.0276 e. The lowest BCUT2D eigenvalue weighted by Crippen LogP contribution is -1.99. The van der Waals surface area contributed by atoms with Gasteiger partial charge in [-0.2, -0.15) is 0 Å². The topological polar surface area (TPSA) is 0 Å². The monoisotopic (exact) mass is 206 g/mol. The van der Waals surface area contributed by atoms with E-state index in [1.807, 2.05) is 0 Å². The first-order valence-electron chi connectivity index (χ1n) is 6.67. The number of hydrogen-bond donors (Lipinski definition) is 0. The first-order valence-corrected chi connectivity index (χ1v) is 6.67. The van der Waals surface area contributed by atoms with Gasteiger partial charge in [0.25, 0.3) is 0 Å². The molecule has 1 unspecified atom stereocenters. The molecule has 0 heteroatoms. The summed E-state index contributed by atoms with van der Waals surface area (Å²) in [5.41, 5.74) is 3.11. The van der Waals surface area contributed by atoms with Crippen LogP contribution in [0, 0.1) is 5.92 Å². The van der Waals surface area contributed by atoms with Gasteiger partial charge in [-0.05, 0) is 36.3 Å². The lowest BCUT2D eigenvalue weighted by Gasteiger charge is -2.16. The Morgan fingerprint density at radius 2 is 1.73 bits per heavy atom. The zero-order valence-electron chi connectivity index (χ0n) is 10.7. The van der Waals surface area contributed by atoms with Crippen molar-refractivity contribution in [3.8, 4) is 0 Å². The Hall–Kier alpha value is -0.520. The van der Waals surface area contributed by atoms with Crippen LogP contribution < -0.4 is 0 Å². The molecule has 0 aromatic rings. The molecular formula is C15H26. The molecule has 0 spiro atoms. The van der Waals surface area contributed by atoms with Gasteiger partial charge in [0.15, 0.2) is 0 Å². The van der Waals surface area contributed by atoms with Gasteiger partial charge in [0, 0.05) is 0 Å². The van der Waals surface area contributed by atoms with Crippen molar-refractivity contribution >= 4 is 0 Å². The molecule has 0 aromatic heterocycles. The molecule has 0 saturated heterocycles. The summed E-state index contributed by atoms with van der Waals surface area (Å²) in [5.74, 6) is 0.913. The van der Waals surface area contributed by atoms with Crippen molar-refractivity contribution < 1.29 is 0 Å². The van der Waals surface area contributed by atoms with Crippen molar-refractivity contribution in [3.63, 3.8) is 0 Å².